The lowest BCUT2D eigenvalue weighted by atomic mass is 9.97. The predicted octanol–water partition coefficient (Wildman–Crippen LogP) is 4.62. The van der Waals surface area contributed by atoms with Gasteiger partial charge in [0.05, 0.1) is 5.56 Å². The molecule has 0 aromatic heterocycles. The molecular weight excluding hydrogens is 459 g/mol. The van der Waals surface area contributed by atoms with Crippen LogP contribution in [0.3, 0.4) is 0 Å². The normalized spacial score (nSPS) is 20.9. The third-order valence-corrected chi connectivity index (χ3v) is 7.13. The largest absolute Gasteiger partial charge is 0.488 e. The fourth-order valence-corrected chi connectivity index (χ4v) is 5.34. The summed E-state index contributed by atoms with van der Waals surface area (Å²) in [5, 5.41) is 10.1. The van der Waals surface area contributed by atoms with Gasteiger partial charge in [0.2, 0.25) is 0 Å². The Morgan fingerprint density at radius 1 is 1.15 bits per heavy atom. The van der Waals surface area contributed by atoms with E-state index in [2.05, 4.69) is 4.90 Å². The van der Waals surface area contributed by atoms with Gasteiger partial charge in [-0.1, -0.05) is 11.6 Å². The Kier molecular flexibility index (Phi) is 6.25. The zero-order valence-electron chi connectivity index (χ0n) is 19.1. The quantitative estimate of drug-likeness (QED) is 0.618. The lowest BCUT2D eigenvalue weighted by Gasteiger charge is -2.39. The molecule has 8 heteroatoms. The molecule has 1 amide bonds. The van der Waals surface area contributed by atoms with Crippen molar-refractivity contribution < 1.29 is 23.8 Å². The molecule has 2 saturated heterocycles. The Balaban J connectivity index is 1.27. The van der Waals surface area contributed by atoms with Gasteiger partial charge in [0, 0.05) is 31.2 Å². The van der Waals surface area contributed by atoms with Crippen LogP contribution < -0.4 is 4.74 Å². The van der Waals surface area contributed by atoms with Crippen molar-refractivity contribution in [3.05, 3.63) is 63.4 Å². The highest BCUT2D eigenvalue weighted by molar-refractivity contribution is 6.30. The van der Waals surface area contributed by atoms with Gasteiger partial charge in [-0.2, -0.15) is 0 Å². The lowest BCUT2D eigenvalue weighted by Crippen LogP contribution is -2.53. The molecule has 1 atom stereocenters. The molecule has 0 radical (unpaired) electrons. The number of benzene rings is 2. The van der Waals surface area contributed by atoms with Gasteiger partial charge in [0.1, 0.15) is 23.7 Å². The number of carbonyl (C=O) groups is 2. The third-order valence-electron chi connectivity index (χ3n) is 6.91. The highest BCUT2D eigenvalue weighted by atomic mass is 35.5. The number of carbonyl (C=O) groups excluding carboxylic acids is 1. The average molecular weight is 487 g/mol. The molecular formula is C26H28ClFN2O4. The molecule has 5 rings (SSSR count). The number of hydrogen-bond donors (Lipinski definition) is 1. The van der Waals surface area contributed by atoms with Crippen LogP contribution in [-0.4, -0.2) is 58.6 Å². The van der Waals surface area contributed by atoms with Crippen molar-refractivity contribution in [1.29, 1.82) is 0 Å². The van der Waals surface area contributed by atoms with E-state index in [4.69, 9.17) is 16.3 Å². The molecule has 2 aromatic rings. The van der Waals surface area contributed by atoms with Crippen LogP contribution >= 0.6 is 11.6 Å². The lowest BCUT2D eigenvalue weighted by molar-refractivity contribution is -0.141. The Labute approximate surface area is 203 Å². The van der Waals surface area contributed by atoms with Crippen molar-refractivity contribution in [2.75, 3.05) is 19.6 Å². The van der Waals surface area contributed by atoms with Gasteiger partial charge < -0.3 is 14.7 Å². The van der Waals surface area contributed by atoms with E-state index in [1.807, 2.05) is 25.1 Å². The molecule has 1 N–H and O–H groups in total. The maximum Gasteiger partial charge on any atom is 0.326 e. The summed E-state index contributed by atoms with van der Waals surface area (Å²) in [5.74, 6) is -1.05. The number of likely N-dealkylation sites (tertiary alicyclic amines) is 2. The predicted molar refractivity (Wildman–Crippen MR) is 126 cm³/mol. The van der Waals surface area contributed by atoms with E-state index in [1.54, 1.807) is 6.07 Å². The van der Waals surface area contributed by atoms with Crippen LogP contribution in [0.15, 0.2) is 30.3 Å². The molecule has 3 fully saturated rings. The second kappa shape index (κ2) is 9.19. The van der Waals surface area contributed by atoms with Crippen LogP contribution in [0.1, 0.15) is 58.6 Å². The number of amides is 1. The topological polar surface area (TPSA) is 70.1 Å². The summed E-state index contributed by atoms with van der Waals surface area (Å²) in [4.78, 5) is 28.0. The molecule has 3 aliphatic rings. The zero-order chi connectivity index (χ0) is 24.0. The fraction of sp³-hybridized carbons (Fsp3) is 0.462. The van der Waals surface area contributed by atoms with Gasteiger partial charge in [-0.15, -0.1) is 0 Å². The van der Waals surface area contributed by atoms with E-state index >= 15 is 4.39 Å². The summed E-state index contributed by atoms with van der Waals surface area (Å²) in [6.45, 7) is 4.36. The van der Waals surface area contributed by atoms with E-state index in [-0.39, 0.29) is 11.7 Å². The maximum atomic E-state index is 15.1. The van der Waals surface area contributed by atoms with E-state index < -0.39 is 23.7 Å². The van der Waals surface area contributed by atoms with Crippen molar-refractivity contribution >= 4 is 23.5 Å². The minimum absolute atomic E-state index is 0.0139. The molecule has 180 valence electrons. The van der Waals surface area contributed by atoms with Crippen molar-refractivity contribution in [3.63, 3.8) is 0 Å². The van der Waals surface area contributed by atoms with Crippen LogP contribution in [0, 0.1) is 12.7 Å². The number of nitrogens with zero attached hydrogens (tertiary/aromatic N) is 2. The smallest absolute Gasteiger partial charge is 0.326 e. The number of carboxylic acids is 1. The van der Waals surface area contributed by atoms with E-state index in [9.17, 15) is 14.7 Å². The molecule has 34 heavy (non-hydrogen) atoms. The number of carboxylic acid groups (broad SMARTS) is 1. The Morgan fingerprint density at radius 2 is 1.91 bits per heavy atom. The van der Waals surface area contributed by atoms with Crippen molar-refractivity contribution in [2.24, 2.45) is 0 Å². The van der Waals surface area contributed by atoms with Crippen LogP contribution in [-0.2, 0) is 11.3 Å². The van der Waals surface area contributed by atoms with Crippen LogP contribution in [0.5, 0.6) is 5.75 Å². The Bertz CT molecular complexity index is 1110. The van der Waals surface area contributed by atoms with Crippen molar-refractivity contribution in [1.82, 2.24) is 9.80 Å². The van der Waals surface area contributed by atoms with Gasteiger partial charge in [-0.25, -0.2) is 9.18 Å². The van der Waals surface area contributed by atoms with Crippen LogP contribution in [0.2, 0.25) is 5.02 Å². The summed E-state index contributed by atoms with van der Waals surface area (Å²) in [7, 11) is 0. The average Bonchev–Trinajstić information content (AvgIpc) is 3.46. The van der Waals surface area contributed by atoms with Crippen molar-refractivity contribution in [2.45, 2.75) is 57.2 Å². The Hall–Kier alpha value is -2.64. The Morgan fingerprint density at radius 3 is 2.59 bits per heavy atom. The maximum absolute atomic E-state index is 15.1. The van der Waals surface area contributed by atoms with Gasteiger partial charge in [0.15, 0.2) is 0 Å². The van der Waals surface area contributed by atoms with Gasteiger partial charge in [-0.3, -0.25) is 9.69 Å². The summed E-state index contributed by atoms with van der Waals surface area (Å²) in [6, 6.07) is 7.92. The molecule has 2 aliphatic heterocycles. The monoisotopic (exact) mass is 486 g/mol. The highest BCUT2D eigenvalue weighted by Crippen LogP contribution is 2.43. The first-order valence-corrected chi connectivity index (χ1v) is 12.2. The van der Waals surface area contributed by atoms with Gasteiger partial charge in [0.25, 0.3) is 5.91 Å². The molecule has 2 aromatic carbocycles. The molecule has 1 saturated carbocycles. The summed E-state index contributed by atoms with van der Waals surface area (Å²) < 4.78 is 21.1. The number of hydrogen-bond acceptors (Lipinski definition) is 4. The van der Waals surface area contributed by atoms with Crippen LogP contribution in [0.4, 0.5) is 4.39 Å². The van der Waals surface area contributed by atoms with Crippen molar-refractivity contribution in [3.8, 4) is 5.75 Å². The third kappa shape index (κ3) is 4.77. The van der Waals surface area contributed by atoms with Crippen LogP contribution in [0.25, 0.3) is 0 Å². The standard InChI is InChI=1S/C26H28ClFN2O4/c1-15-7-18(27)10-19(8-15)34-20-13-29(14-20)12-17-9-23(28)22(11-21(17)16-4-5-16)25(31)30-6-2-3-24(30)26(32)33/h7-11,16,20,24H,2-6,12-14H2,1H3,(H,32,33)/t24-/m0/s1. The molecule has 1 aliphatic carbocycles. The summed E-state index contributed by atoms with van der Waals surface area (Å²) in [6.07, 6.45) is 3.12. The molecule has 2 heterocycles. The molecule has 6 nitrogen and oxygen atoms in total. The fourth-order valence-electron chi connectivity index (χ4n) is 5.06. The van der Waals surface area contributed by atoms with Gasteiger partial charge in [-0.05, 0) is 85.5 Å². The minimum Gasteiger partial charge on any atom is -0.488 e. The summed E-state index contributed by atoms with van der Waals surface area (Å²) >= 11 is 6.12. The second-order valence-corrected chi connectivity index (χ2v) is 10.1. The number of rotatable bonds is 7. The molecule has 0 bridgehead atoms. The first kappa shape index (κ1) is 23.1. The SMILES string of the molecule is Cc1cc(Cl)cc(OC2CN(Cc3cc(F)c(C(=O)N4CCC[C@H]4C(=O)O)cc3C3CC3)C2)c1. The number of aryl methyl sites for hydroxylation is 1. The van der Waals surface area contributed by atoms with Gasteiger partial charge >= 0.3 is 5.97 Å². The number of ether oxygens (including phenoxy) is 1. The highest BCUT2D eigenvalue weighted by Gasteiger charge is 2.37. The van der Waals surface area contributed by atoms with E-state index in [1.165, 1.54) is 11.0 Å². The first-order chi connectivity index (χ1) is 16.3. The second-order valence-electron chi connectivity index (χ2n) is 9.70. The first-order valence-electron chi connectivity index (χ1n) is 11.8. The summed E-state index contributed by atoms with van der Waals surface area (Å²) in [5.41, 5.74) is 2.93. The number of halogens is 2. The van der Waals surface area contributed by atoms with E-state index in [0.717, 1.165) is 48.4 Å². The minimum atomic E-state index is -1.03. The molecule has 0 unspecified atom stereocenters. The zero-order valence-corrected chi connectivity index (χ0v) is 19.9. The molecule has 0 spiro atoms. The number of aliphatic carboxylic acids is 1. The van der Waals surface area contributed by atoms with E-state index in [0.29, 0.717) is 36.9 Å².